The first kappa shape index (κ1) is 9.73. The average Bonchev–Trinajstić information content (AvgIpc) is 3.02. The topological polar surface area (TPSA) is 45.2 Å². The Hall–Kier alpha value is -1.48. The number of aliphatic hydroxyl groups excluding tert-OH is 1. The molecule has 2 aromatic rings. The summed E-state index contributed by atoms with van der Waals surface area (Å²) >= 11 is 0. The smallest absolute Gasteiger partial charge is 0.119 e. The molecule has 1 aromatic carbocycles. The van der Waals surface area contributed by atoms with Crippen molar-refractivity contribution >= 4 is 10.9 Å². The number of fused-ring (bicyclic) bond motifs is 1. The van der Waals surface area contributed by atoms with Gasteiger partial charge in [0.25, 0.3) is 0 Å². The Balaban J connectivity index is 2.18. The fraction of sp³-hybridized carbons (Fsp3) is 0.385. The zero-order valence-corrected chi connectivity index (χ0v) is 9.29. The summed E-state index contributed by atoms with van der Waals surface area (Å²) in [6.07, 6.45) is 4.18. The van der Waals surface area contributed by atoms with Gasteiger partial charge in [-0.1, -0.05) is 0 Å². The summed E-state index contributed by atoms with van der Waals surface area (Å²) in [5, 5.41) is 10.6. The van der Waals surface area contributed by atoms with Gasteiger partial charge in [0.05, 0.1) is 13.7 Å². The van der Waals surface area contributed by atoms with E-state index in [9.17, 15) is 5.11 Å². The monoisotopic (exact) mass is 217 g/mol. The van der Waals surface area contributed by atoms with Crippen molar-refractivity contribution < 1.29 is 9.84 Å². The van der Waals surface area contributed by atoms with Crippen LogP contribution in [0.1, 0.15) is 18.4 Å². The molecule has 0 amide bonds. The highest BCUT2D eigenvalue weighted by atomic mass is 16.5. The molecule has 1 aromatic heterocycles. The van der Waals surface area contributed by atoms with Crippen molar-refractivity contribution in [1.82, 2.24) is 4.98 Å². The minimum atomic E-state index is 0.00458. The van der Waals surface area contributed by atoms with Crippen LogP contribution >= 0.6 is 0 Å². The Morgan fingerprint density at radius 2 is 2.25 bits per heavy atom. The lowest BCUT2D eigenvalue weighted by molar-refractivity contribution is 0.256. The third-order valence-electron chi connectivity index (χ3n) is 3.62. The average molecular weight is 217 g/mol. The Kier molecular flexibility index (Phi) is 1.98. The molecule has 3 heteroatoms. The van der Waals surface area contributed by atoms with Gasteiger partial charge >= 0.3 is 0 Å². The van der Waals surface area contributed by atoms with Crippen LogP contribution in [0.3, 0.4) is 0 Å². The van der Waals surface area contributed by atoms with Crippen molar-refractivity contribution in [2.24, 2.45) is 0 Å². The summed E-state index contributed by atoms with van der Waals surface area (Å²) in [6, 6.07) is 6.00. The van der Waals surface area contributed by atoms with Crippen molar-refractivity contribution in [3.05, 3.63) is 30.0 Å². The van der Waals surface area contributed by atoms with Crippen LogP contribution in [0.5, 0.6) is 5.75 Å². The number of nitrogens with one attached hydrogen (secondary N) is 1. The van der Waals surface area contributed by atoms with Crippen LogP contribution in [0.15, 0.2) is 24.4 Å². The van der Waals surface area contributed by atoms with E-state index in [0.717, 1.165) is 24.1 Å². The Labute approximate surface area is 94.0 Å². The van der Waals surface area contributed by atoms with Crippen LogP contribution < -0.4 is 4.74 Å². The number of ether oxygens (including phenoxy) is 1. The van der Waals surface area contributed by atoms with E-state index in [1.807, 2.05) is 24.4 Å². The van der Waals surface area contributed by atoms with Gasteiger partial charge in [0.2, 0.25) is 0 Å². The standard InChI is InChI=1S/C13H15NO2/c1-16-9-2-3-12-10(6-9)11(7-14-12)13(8-15)4-5-13/h2-3,6-7,14-15H,4-5,8H2,1H3. The van der Waals surface area contributed by atoms with Crippen LogP contribution in [-0.4, -0.2) is 23.8 Å². The van der Waals surface area contributed by atoms with Crippen molar-refractivity contribution in [3.8, 4) is 5.75 Å². The molecule has 2 N–H and O–H groups in total. The number of hydrogen-bond acceptors (Lipinski definition) is 2. The molecule has 3 nitrogen and oxygen atoms in total. The zero-order valence-electron chi connectivity index (χ0n) is 9.29. The van der Waals surface area contributed by atoms with Gasteiger partial charge in [0, 0.05) is 22.5 Å². The molecular formula is C13H15NO2. The normalized spacial score (nSPS) is 17.6. The van der Waals surface area contributed by atoms with E-state index in [4.69, 9.17) is 4.74 Å². The molecule has 3 rings (SSSR count). The quantitative estimate of drug-likeness (QED) is 0.827. The van der Waals surface area contributed by atoms with Crippen LogP contribution in [0, 0.1) is 0 Å². The zero-order chi connectivity index (χ0) is 11.2. The molecule has 0 aliphatic heterocycles. The van der Waals surface area contributed by atoms with Crippen molar-refractivity contribution in [1.29, 1.82) is 0 Å². The van der Waals surface area contributed by atoms with E-state index in [0.29, 0.717) is 0 Å². The molecule has 0 atom stereocenters. The minimum Gasteiger partial charge on any atom is -0.497 e. The summed E-state index contributed by atoms with van der Waals surface area (Å²) in [6.45, 7) is 0.233. The van der Waals surface area contributed by atoms with Crippen molar-refractivity contribution in [2.75, 3.05) is 13.7 Å². The molecule has 1 heterocycles. The molecular weight excluding hydrogens is 202 g/mol. The summed E-state index contributed by atoms with van der Waals surface area (Å²) in [5.41, 5.74) is 2.34. The number of aliphatic hydroxyl groups is 1. The number of hydrogen-bond donors (Lipinski definition) is 2. The number of aromatic amines is 1. The van der Waals surface area contributed by atoms with E-state index in [1.165, 1.54) is 10.9 Å². The maximum absolute atomic E-state index is 9.47. The van der Waals surface area contributed by atoms with Gasteiger partial charge in [-0.3, -0.25) is 0 Å². The van der Waals surface area contributed by atoms with Crippen LogP contribution in [0.2, 0.25) is 0 Å². The lowest BCUT2D eigenvalue weighted by Crippen LogP contribution is -2.10. The second-order valence-corrected chi connectivity index (χ2v) is 4.55. The summed E-state index contributed by atoms with van der Waals surface area (Å²) < 4.78 is 5.24. The molecule has 1 saturated carbocycles. The second kappa shape index (κ2) is 3.25. The number of methoxy groups -OCH3 is 1. The summed E-state index contributed by atoms with van der Waals surface area (Å²) in [5.74, 6) is 0.863. The molecule has 16 heavy (non-hydrogen) atoms. The Morgan fingerprint density at radius 1 is 1.44 bits per heavy atom. The summed E-state index contributed by atoms with van der Waals surface area (Å²) in [7, 11) is 1.67. The maximum Gasteiger partial charge on any atom is 0.119 e. The highest BCUT2D eigenvalue weighted by Gasteiger charge is 2.45. The lowest BCUT2D eigenvalue weighted by atomic mass is 9.96. The van der Waals surface area contributed by atoms with Gasteiger partial charge in [-0.15, -0.1) is 0 Å². The molecule has 0 spiro atoms. The third-order valence-corrected chi connectivity index (χ3v) is 3.62. The molecule has 1 aliphatic rings. The van der Waals surface area contributed by atoms with Crippen LogP contribution in [0.4, 0.5) is 0 Å². The maximum atomic E-state index is 9.47. The van der Waals surface area contributed by atoms with Crippen molar-refractivity contribution in [2.45, 2.75) is 18.3 Å². The van der Waals surface area contributed by atoms with E-state index in [2.05, 4.69) is 4.98 Å². The Morgan fingerprint density at radius 3 is 2.88 bits per heavy atom. The molecule has 1 aliphatic carbocycles. The molecule has 1 fully saturated rings. The molecule has 0 bridgehead atoms. The Bertz CT molecular complexity index is 526. The number of aromatic nitrogens is 1. The molecule has 0 saturated heterocycles. The fourth-order valence-corrected chi connectivity index (χ4v) is 2.33. The van der Waals surface area contributed by atoms with E-state index >= 15 is 0 Å². The van der Waals surface area contributed by atoms with Crippen molar-refractivity contribution in [3.63, 3.8) is 0 Å². The largest absolute Gasteiger partial charge is 0.497 e. The van der Waals surface area contributed by atoms with Gasteiger partial charge in [0.15, 0.2) is 0 Å². The van der Waals surface area contributed by atoms with E-state index in [1.54, 1.807) is 7.11 Å². The van der Waals surface area contributed by atoms with Gasteiger partial charge in [-0.25, -0.2) is 0 Å². The van der Waals surface area contributed by atoms with Crippen LogP contribution in [0.25, 0.3) is 10.9 Å². The molecule has 84 valence electrons. The second-order valence-electron chi connectivity index (χ2n) is 4.55. The number of rotatable bonds is 3. The first-order valence-electron chi connectivity index (χ1n) is 5.55. The molecule has 0 radical (unpaired) electrons. The van der Waals surface area contributed by atoms with Gasteiger partial charge in [-0.05, 0) is 36.6 Å². The minimum absolute atomic E-state index is 0.00458. The predicted molar refractivity (Wildman–Crippen MR) is 62.8 cm³/mol. The predicted octanol–water partition coefficient (Wildman–Crippen LogP) is 2.20. The van der Waals surface area contributed by atoms with E-state index < -0.39 is 0 Å². The number of H-pyrrole nitrogens is 1. The molecule has 0 unspecified atom stereocenters. The third kappa shape index (κ3) is 1.25. The highest BCUT2D eigenvalue weighted by Crippen LogP contribution is 2.50. The van der Waals surface area contributed by atoms with Gasteiger partial charge < -0.3 is 14.8 Å². The SMILES string of the molecule is COc1ccc2[nH]cc(C3(CO)CC3)c2c1. The summed E-state index contributed by atoms with van der Waals surface area (Å²) in [4.78, 5) is 3.25. The highest BCUT2D eigenvalue weighted by molar-refractivity contribution is 5.86. The van der Waals surface area contributed by atoms with Crippen LogP contribution in [-0.2, 0) is 5.41 Å². The van der Waals surface area contributed by atoms with Gasteiger partial charge in [-0.2, -0.15) is 0 Å². The van der Waals surface area contributed by atoms with Gasteiger partial charge in [0.1, 0.15) is 5.75 Å². The first-order valence-corrected chi connectivity index (χ1v) is 5.55. The van der Waals surface area contributed by atoms with E-state index in [-0.39, 0.29) is 12.0 Å². The first-order chi connectivity index (χ1) is 7.79. The lowest BCUT2D eigenvalue weighted by Gasteiger charge is -2.10. The number of benzene rings is 1. The fourth-order valence-electron chi connectivity index (χ4n) is 2.33.